The van der Waals surface area contributed by atoms with Crippen LogP contribution >= 0.6 is 11.8 Å². The Morgan fingerprint density at radius 1 is 1.47 bits per heavy atom. The number of thioether (sulfide) groups is 1. The minimum atomic E-state index is -0.264. The van der Waals surface area contributed by atoms with Gasteiger partial charge in [0.25, 0.3) is 0 Å². The van der Waals surface area contributed by atoms with E-state index < -0.39 is 0 Å². The van der Waals surface area contributed by atoms with Crippen molar-refractivity contribution in [1.29, 1.82) is 5.26 Å². The molecule has 0 aromatic carbocycles. The number of rotatable bonds is 5. The van der Waals surface area contributed by atoms with Crippen LogP contribution in [0.15, 0.2) is 22.8 Å². The van der Waals surface area contributed by atoms with Crippen LogP contribution in [0, 0.1) is 11.3 Å². The van der Waals surface area contributed by atoms with Gasteiger partial charge in [0.15, 0.2) is 0 Å². The molecule has 3 rings (SSSR count). The quantitative estimate of drug-likeness (QED) is 0.894. The predicted molar refractivity (Wildman–Crippen MR) is 76.8 cm³/mol. The monoisotopic (exact) mass is 276 g/mol. The number of nitrogens with one attached hydrogen (secondary N) is 1. The van der Waals surface area contributed by atoms with Crippen molar-refractivity contribution in [2.45, 2.75) is 61.1 Å². The number of furan rings is 1. The fraction of sp³-hybridized carbons (Fsp3) is 0.667. The topological polar surface area (TPSA) is 49.0 Å². The Labute approximate surface area is 118 Å². The highest BCUT2D eigenvalue weighted by atomic mass is 32.2. The first-order valence-electron chi connectivity index (χ1n) is 7.13. The molecule has 2 aliphatic rings. The van der Waals surface area contributed by atoms with E-state index in [1.54, 1.807) is 6.26 Å². The largest absolute Gasteiger partial charge is 0.468 e. The molecule has 1 aromatic rings. The molecular formula is C15H20N2OS. The van der Waals surface area contributed by atoms with Crippen molar-refractivity contribution in [3.8, 4) is 6.07 Å². The van der Waals surface area contributed by atoms with Gasteiger partial charge in [0.05, 0.1) is 18.1 Å². The van der Waals surface area contributed by atoms with Crippen molar-refractivity contribution in [2.24, 2.45) is 0 Å². The number of hydrogen-bond donors (Lipinski definition) is 1. The summed E-state index contributed by atoms with van der Waals surface area (Å²) in [5.74, 6) is 1.95. The van der Waals surface area contributed by atoms with Gasteiger partial charge in [-0.3, -0.25) is 5.32 Å². The van der Waals surface area contributed by atoms with E-state index in [0.29, 0.717) is 11.3 Å². The molecule has 0 saturated heterocycles. The van der Waals surface area contributed by atoms with Gasteiger partial charge >= 0.3 is 0 Å². The van der Waals surface area contributed by atoms with Crippen molar-refractivity contribution in [2.75, 3.05) is 0 Å². The lowest BCUT2D eigenvalue weighted by molar-refractivity contribution is 0.301. The SMILES string of the molecule is N#CC1(NC2CC2)CCCC(SCc2ccco2)C1. The van der Waals surface area contributed by atoms with Crippen LogP contribution in [0.3, 0.4) is 0 Å². The maximum atomic E-state index is 9.55. The van der Waals surface area contributed by atoms with Crippen LogP contribution in [0.1, 0.15) is 44.3 Å². The lowest BCUT2D eigenvalue weighted by atomic mass is 9.82. The maximum Gasteiger partial charge on any atom is 0.113 e. The molecule has 2 saturated carbocycles. The Hall–Kier alpha value is -0.920. The van der Waals surface area contributed by atoms with Crippen LogP contribution in [0.4, 0.5) is 0 Å². The fourth-order valence-electron chi connectivity index (χ4n) is 2.84. The van der Waals surface area contributed by atoms with Gasteiger partial charge in [0, 0.05) is 11.3 Å². The van der Waals surface area contributed by atoms with E-state index in [0.717, 1.165) is 30.8 Å². The molecule has 1 aromatic heterocycles. The van der Waals surface area contributed by atoms with Crippen LogP contribution in [0.5, 0.6) is 0 Å². The second-order valence-electron chi connectivity index (χ2n) is 5.72. The second kappa shape index (κ2) is 5.60. The van der Waals surface area contributed by atoms with Gasteiger partial charge in [0.2, 0.25) is 0 Å². The summed E-state index contributed by atoms with van der Waals surface area (Å²) in [5, 5.41) is 13.7. The standard InChI is InChI=1S/C15H20N2OS/c16-11-15(17-12-5-6-12)7-1-4-14(9-15)19-10-13-3-2-8-18-13/h2-3,8,12,14,17H,1,4-7,9-10H2. The molecule has 1 N–H and O–H groups in total. The zero-order valence-electron chi connectivity index (χ0n) is 11.1. The van der Waals surface area contributed by atoms with Gasteiger partial charge < -0.3 is 4.42 Å². The van der Waals surface area contributed by atoms with E-state index in [4.69, 9.17) is 4.42 Å². The fourth-order valence-corrected chi connectivity index (χ4v) is 4.14. The molecule has 102 valence electrons. The number of nitriles is 1. The molecule has 2 aliphatic carbocycles. The summed E-state index contributed by atoms with van der Waals surface area (Å²) < 4.78 is 5.38. The molecular weight excluding hydrogens is 256 g/mol. The average Bonchev–Trinajstić information content (AvgIpc) is 3.08. The van der Waals surface area contributed by atoms with Gasteiger partial charge in [-0.05, 0) is 50.7 Å². The summed E-state index contributed by atoms with van der Waals surface area (Å²) in [6, 6.07) is 7.13. The molecule has 0 bridgehead atoms. The third kappa shape index (κ3) is 3.34. The van der Waals surface area contributed by atoms with Gasteiger partial charge in [0.1, 0.15) is 11.3 Å². The minimum absolute atomic E-state index is 0.264. The lowest BCUT2D eigenvalue weighted by Gasteiger charge is -2.36. The third-order valence-electron chi connectivity index (χ3n) is 4.02. The summed E-state index contributed by atoms with van der Waals surface area (Å²) >= 11 is 1.94. The first-order chi connectivity index (χ1) is 9.30. The zero-order valence-corrected chi connectivity index (χ0v) is 11.9. The lowest BCUT2D eigenvalue weighted by Crippen LogP contribution is -2.49. The molecule has 2 atom stereocenters. The van der Waals surface area contributed by atoms with Gasteiger partial charge in [-0.15, -0.1) is 0 Å². The molecule has 4 heteroatoms. The van der Waals surface area contributed by atoms with Crippen LogP contribution in [0.2, 0.25) is 0 Å². The summed E-state index contributed by atoms with van der Waals surface area (Å²) in [5.41, 5.74) is -0.264. The van der Waals surface area contributed by atoms with Crippen molar-refractivity contribution < 1.29 is 4.42 Å². The molecule has 0 spiro atoms. The highest BCUT2D eigenvalue weighted by Crippen LogP contribution is 2.38. The van der Waals surface area contributed by atoms with Gasteiger partial charge in [-0.1, -0.05) is 0 Å². The zero-order chi connectivity index (χ0) is 13.1. The van der Waals surface area contributed by atoms with E-state index in [1.807, 2.05) is 23.9 Å². The average molecular weight is 276 g/mol. The third-order valence-corrected chi connectivity index (χ3v) is 5.34. The summed E-state index contributed by atoms with van der Waals surface area (Å²) in [4.78, 5) is 0. The number of nitrogens with zero attached hydrogens (tertiary/aromatic N) is 1. The molecule has 3 nitrogen and oxygen atoms in total. The van der Waals surface area contributed by atoms with Crippen molar-refractivity contribution in [3.63, 3.8) is 0 Å². The van der Waals surface area contributed by atoms with Crippen molar-refractivity contribution in [1.82, 2.24) is 5.32 Å². The summed E-state index contributed by atoms with van der Waals surface area (Å²) in [7, 11) is 0. The van der Waals surface area contributed by atoms with E-state index in [9.17, 15) is 5.26 Å². The molecule has 1 heterocycles. The smallest absolute Gasteiger partial charge is 0.113 e. The van der Waals surface area contributed by atoms with Crippen LogP contribution in [-0.2, 0) is 5.75 Å². The Balaban J connectivity index is 1.55. The van der Waals surface area contributed by atoms with E-state index in [1.165, 1.54) is 19.3 Å². The van der Waals surface area contributed by atoms with Crippen molar-refractivity contribution in [3.05, 3.63) is 24.2 Å². The highest BCUT2D eigenvalue weighted by molar-refractivity contribution is 7.99. The molecule has 2 unspecified atom stereocenters. The summed E-state index contributed by atoms with van der Waals surface area (Å²) in [6.07, 6.45) is 8.58. The Morgan fingerprint density at radius 2 is 2.37 bits per heavy atom. The molecule has 0 aliphatic heterocycles. The first kappa shape index (κ1) is 13.1. The second-order valence-corrected chi connectivity index (χ2v) is 7.01. The normalized spacial score (nSPS) is 31.0. The van der Waals surface area contributed by atoms with Gasteiger partial charge in [-0.25, -0.2) is 0 Å². The predicted octanol–water partition coefficient (Wildman–Crippen LogP) is 3.47. The van der Waals surface area contributed by atoms with Crippen molar-refractivity contribution >= 4 is 11.8 Å². The van der Waals surface area contributed by atoms with Crippen LogP contribution < -0.4 is 5.32 Å². The highest BCUT2D eigenvalue weighted by Gasteiger charge is 2.40. The molecule has 0 radical (unpaired) electrons. The van der Waals surface area contributed by atoms with Crippen LogP contribution in [0.25, 0.3) is 0 Å². The summed E-state index contributed by atoms with van der Waals surface area (Å²) in [6.45, 7) is 0. The Morgan fingerprint density at radius 3 is 3.05 bits per heavy atom. The minimum Gasteiger partial charge on any atom is -0.468 e. The Kier molecular flexibility index (Phi) is 3.86. The molecule has 2 fully saturated rings. The van der Waals surface area contributed by atoms with Gasteiger partial charge in [-0.2, -0.15) is 17.0 Å². The maximum absolute atomic E-state index is 9.55. The molecule has 19 heavy (non-hydrogen) atoms. The Bertz CT molecular complexity index is 449. The molecule has 0 amide bonds. The van der Waals surface area contributed by atoms with E-state index >= 15 is 0 Å². The van der Waals surface area contributed by atoms with E-state index in [-0.39, 0.29) is 5.54 Å². The van der Waals surface area contributed by atoms with E-state index in [2.05, 4.69) is 11.4 Å². The van der Waals surface area contributed by atoms with Crippen LogP contribution in [-0.4, -0.2) is 16.8 Å². The number of hydrogen-bond acceptors (Lipinski definition) is 4. The first-order valence-corrected chi connectivity index (χ1v) is 8.17.